The second-order valence-electron chi connectivity index (χ2n) is 13.8. The van der Waals surface area contributed by atoms with Gasteiger partial charge >= 0.3 is 24.0 Å². The summed E-state index contributed by atoms with van der Waals surface area (Å²) in [6.07, 6.45) is -0.217. The maximum absolute atomic E-state index is 13.6. The molecule has 0 spiro atoms. The van der Waals surface area contributed by atoms with E-state index in [1.54, 1.807) is 40.7 Å². The molecule has 2 amide bonds. The average molecular weight is 718 g/mol. The summed E-state index contributed by atoms with van der Waals surface area (Å²) >= 11 is 0. The third-order valence-corrected chi connectivity index (χ3v) is 11.1. The number of ether oxygens (including phenoxy) is 2. The molecule has 0 unspecified atom stereocenters. The van der Waals surface area contributed by atoms with Crippen LogP contribution in [0.1, 0.15) is 55.4 Å². The number of hydrogen-bond acceptors (Lipinski definition) is 11. The molecule has 52 heavy (non-hydrogen) atoms. The molecule has 3 aromatic rings. The van der Waals surface area contributed by atoms with Crippen LogP contribution in [0.15, 0.2) is 29.1 Å². The van der Waals surface area contributed by atoms with Crippen molar-refractivity contribution in [3.8, 4) is 17.1 Å². The van der Waals surface area contributed by atoms with E-state index in [0.29, 0.717) is 55.3 Å². The SMILES string of the molecule is CCc1c2c(nc3ccc(OC(=O)N4CCN(CC(=O)N5CCC(C(=O)O)(C(=O)O)CC5)CC4)cc13)-c1cc3c(c(=O)n1C2)COC(=O)[C@]3(O)CC. The number of nitrogens with zero attached hydrogens (tertiary/aromatic N) is 5. The van der Waals surface area contributed by atoms with Crippen molar-refractivity contribution >= 4 is 40.8 Å². The molecular formula is C36H39N5O11. The molecule has 0 radical (unpaired) electrons. The van der Waals surface area contributed by atoms with E-state index in [-0.39, 0.29) is 74.6 Å². The molecule has 0 bridgehead atoms. The lowest BCUT2D eigenvalue weighted by Crippen LogP contribution is -2.54. The van der Waals surface area contributed by atoms with Crippen LogP contribution >= 0.6 is 0 Å². The highest BCUT2D eigenvalue weighted by Gasteiger charge is 2.49. The molecule has 4 aliphatic rings. The van der Waals surface area contributed by atoms with Gasteiger partial charge in [-0.25, -0.2) is 14.6 Å². The van der Waals surface area contributed by atoms with Gasteiger partial charge in [0.15, 0.2) is 11.0 Å². The van der Waals surface area contributed by atoms with Crippen molar-refractivity contribution in [1.82, 2.24) is 24.3 Å². The number of carboxylic acid groups (broad SMARTS) is 2. The van der Waals surface area contributed by atoms with Gasteiger partial charge in [-0.3, -0.25) is 24.1 Å². The van der Waals surface area contributed by atoms with Gasteiger partial charge in [-0.2, -0.15) is 0 Å². The minimum atomic E-state index is -1.92. The predicted molar refractivity (Wildman–Crippen MR) is 181 cm³/mol. The molecule has 274 valence electrons. The third kappa shape index (κ3) is 5.56. The van der Waals surface area contributed by atoms with Crippen molar-refractivity contribution in [2.45, 2.75) is 58.3 Å². The summed E-state index contributed by atoms with van der Waals surface area (Å²) in [6.45, 7) is 5.30. The van der Waals surface area contributed by atoms with E-state index < -0.39 is 35.0 Å². The highest BCUT2D eigenvalue weighted by Crippen LogP contribution is 2.41. The van der Waals surface area contributed by atoms with Gasteiger partial charge < -0.3 is 39.2 Å². The minimum Gasteiger partial charge on any atom is -0.480 e. The Hall–Kier alpha value is -5.35. The molecule has 2 saturated heterocycles. The molecule has 16 nitrogen and oxygen atoms in total. The fraction of sp³-hybridized carbons (Fsp3) is 0.472. The number of piperidine rings is 1. The number of rotatable bonds is 7. The maximum atomic E-state index is 13.6. The summed E-state index contributed by atoms with van der Waals surface area (Å²) in [5.41, 5.74) is -0.139. The molecule has 1 aromatic carbocycles. The zero-order valence-electron chi connectivity index (χ0n) is 28.8. The smallest absolute Gasteiger partial charge is 0.415 e. The van der Waals surface area contributed by atoms with Gasteiger partial charge in [0.1, 0.15) is 12.4 Å². The summed E-state index contributed by atoms with van der Waals surface area (Å²) in [5.74, 6) is -3.47. The molecule has 4 aliphatic heterocycles. The van der Waals surface area contributed by atoms with E-state index in [2.05, 4.69) is 0 Å². The number of benzene rings is 1. The summed E-state index contributed by atoms with van der Waals surface area (Å²) in [6, 6.07) is 6.83. The maximum Gasteiger partial charge on any atom is 0.415 e. The van der Waals surface area contributed by atoms with Crippen LogP contribution in [0.5, 0.6) is 5.75 Å². The fourth-order valence-electron chi connectivity index (χ4n) is 7.81. The van der Waals surface area contributed by atoms with Crippen LogP contribution in [-0.4, -0.2) is 115 Å². The lowest BCUT2D eigenvalue weighted by Gasteiger charge is -2.38. The summed E-state index contributed by atoms with van der Waals surface area (Å²) in [7, 11) is 0. The number of esters is 1. The van der Waals surface area contributed by atoms with Crippen LogP contribution in [0.25, 0.3) is 22.3 Å². The first-order valence-electron chi connectivity index (χ1n) is 17.4. The van der Waals surface area contributed by atoms with E-state index in [1.165, 1.54) is 4.90 Å². The topological polar surface area (TPSA) is 209 Å². The van der Waals surface area contributed by atoms with Crippen molar-refractivity contribution in [3.63, 3.8) is 0 Å². The van der Waals surface area contributed by atoms with E-state index in [1.807, 2.05) is 11.8 Å². The Kier molecular flexibility index (Phi) is 8.77. The van der Waals surface area contributed by atoms with E-state index in [9.17, 15) is 44.1 Å². The Labute approximate surface area is 297 Å². The number of carbonyl (C=O) groups excluding carboxylic acids is 3. The van der Waals surface area contributed by atoms with Gasteiger partial charge in [-0.1, -0.05) is 13.8 Å². The number of aryl methyl sites for hydroxylation is 1. The average Bonchev–Trinajstić information content (AvgIpc) is 3.50. The van der Waals surface area contributed by atoms with Crippen LogP contribution < -0.4 is 10.3 Å². The number of cyclic esters (lactones) is 1. The zero-order chi connectivity index (χ0) is 37.1. The summed E-state index contributed by atoms with van der Waals surface area (Å²) in [5, 5.41) is 30.8. The Morgan fingerprint density at radius 2 is 1.62 bits per heavy atom. The number of aliphatic carboxylic acids is 2. The number of hydrogen-bond donors (Lipinski definition) is 3. The Bertz CT molecular complexity index is 2080. The quantitative estimate of drug-likeness (QED) is 0.183. The molecular weight excluding hydrogens is 678 g/mol. The molecule has 2 fully saturated rings. The van der Waals surface area contributed by atoms with E-state index in [0.717, 1.165) is 16.5 Å². The number of fused-ring (bicyclic) bond motifs is 5. The predicted octanol–water partition coefficient (Wildman–Crippen LogP) is 1.54. The standard InChI is InChI=1S/C36H39N5O11/c1-3-21-22-15-20(52-34(49)40-13-11-38(12-14-40)18-28(42)39-9-7-35(8-10-39,31(44)45)32(46)47)5-6-26(22)37-29-23(21)17-41-27(29)16-25-24(30(41)43)19-51-33(48)36(25,50)4-2/h5-6,15-16,50H,3-4,7-14,17-19H2,1-2H3,(H,44,45)(H,46,47)/t36-/m0/s1. The summed E-state index contributed by atoms with van der Waals surface area (Å²) < 4.78 is 12.6. The number of carboxylic acids is 2. The molecule has 3 N–H and O–H groups in total. The second kappa shape index (κ2) is 13.0. The minimum absolute atomic E-state index is 0.0434. The van der Waals surface area contributed by atoms with E-state index in [4.69, 9.17) is 14.5 Å². The van der Waals surface area contributed by atoms with Gasteiger partial charge in [0.25, 0.3) is 5.56 Å². The largest absolute Gasteiger partial charge is 0.480 e. The van der Waals surface area contributed by atoms with Crippen LogP contribution in [-0.2, 0) is 49.1 Å². The number of aromatic nitrogens is 2. The summed E-state index contributed by atoms with van der Waals surface area (Å²) in [4.78, 5) is 85.3. The highest BCUT2D eigenvalue weighted by atomic mass is 16.6. The lowest BCUT2D eigenvalue weighted by molar-refractivity contribution is -0.172. The molecule has 6 heterocycles. The first-order chi connectivity index (χ1) is 24.8. The van der Waals surface area contributed by atoms with Crippen LogP contribution in [0.2, 0.25) is 0 Å². The number of aliphatic hydroxyl groups is 1. The Morgan fingerprint density at radius 3 is 2.25 bits per heavy atom. The fourth-order valence-corrected chi connectivity index (χ4v) is 7.81. The number of carbonyl (C=O) groups is 5. The van der Waals surface area contributed by atoms with Crippen molar-refractivity contribution in [1.29, 1.82) is 0 Å². The lowest BCUT2D eigenvalue weighted by atomic mass is 9.78. The molecule has 16 heteroatoms. The third-order valence-electron chi connectivity index (χ3n) is 11.1. The van der Waals surface area contributed by atoms with Gasteiger partial charge in [0.2, 0.25) is 5.91 Å². The zero-order valence-corrected chi connectivity index (χ0v) is 28.8. The Balaban J connectivity index is 1.02. The number of amides is 2. The van der Waals surface area contributed by atoms with Gasteiger partial charge in [-0.05, 0) is 55.5 Å². The van der Waals surface area contributed by atoms with Gasteiger partial charge in [0, 0.05) is 55.8 Å². The van der Waals surface area contributed by atoms with E-state index >= 15 is 0 Å². The Morgan fingerprint density at radius 1 is 0.923 bits per heavy atom. The molecule has 0 saturated carbocycles. The van der Waals surface area contributed by atoms with Crippen molar-refractivity contribution in [2.75, 3.05) is 45.8 Å². The molecule has 1 atom stereocenters. The highest BCUT2D eigenvalue weighted by molar-refractivity contribution is 5.98. The normalized spacial score (nSPS) is 20.9. The number of pyridine rings is 2. The van der Waals surface area contributed by atoms with Crippen LogP contribution in [0, 0.1) is 5.41 Å². The van der Waals surface area contributed by atoms with Crippen molar-refractivity contribution in [2.24, 2.45) is 5.41 Å². The molecule has 2 aromatic heterocycles. The van der Waals surface area contributed by atoms with Crippen molar-refractivity contribution in [3.05, 3.63) is 56.9 Å². The van der Waals surface area contributed by atoms with Gasteiger partial charge in [0.05, 0.1) is 35.6 Å². The van der Waals surface area contributed by atoms with Crippen molar-refractivity contribution < 1.29 is 48.8 Å². The molecule has 7 rings (SSSR count). The monoisotopic (exact) mass is 717 g/mol. The molecule has 0 aliphatic carbocycles. The second-order valence-corrected chi connectivity index (χ2v) is 13.8. The van der Waals surface area contributed by atoms with Crippen LogP contribution in [0.4, 0.5) is 4.79 Å². The number of piperazine rings is 1. The van der Waals surface area contributed by atoms with Crippen LogP contribution in [0.3, 0.4) is 0 Å². The number of likely N-dealkylation sites (tertiary alicyclic amines) is 1. The van der Waals surface area contributed by atoms with Gasteiger partial charge in [-0.15, -0.1) is 0 Å². The first kappa shape index (κ1) is 35.1. The first-order valence-corrected chi connectivity index (χ1v) is 17.4.